The quantitative estimate of drug-likeness (QED) is 0.599. The Morgan fingerprint density at radius 2 is 2.00 bits per heavy atom. The Labute approximate surface area is 115 Å². The topological polar surface area (TPSA) is 63.9 Å². The van der Waals surface area contributed by atoms with Crippen molar-refractivity contribution in [1.82, 2.24) is 4.90 Å². The molecule has 1 saturated heterocycles. The number of allylic oxidation sites excluding steroid dienone is 4. The summed E-state index contributed by atoms with van der Waals surface area (Å²) in [6.45, 7) is 8.64. The van der Waals surface area contributed by atoms with Crippen molar-refractivity contribution in [2.24, 2.45) is 0 Å². The summed E-state index contributed by atoms with van der Waals surface area (Å²) < 4.78 is 0. The van der Waals surface area contributed by atoms with Crippen LogP contribution in [0.1, 0.15) is 19.3 Å². The highest BCUT2D eigenvalue weighted by atomic mass is 16.3. The first-order valence-corrected chi connectivity index (χ1v) is 6.77. The Balaban J connectivity index is 2.44. The van der Waals surface area contributed by atoms with Gasteiger partial charge in [0, 0.05) is 12.6 Å². The summed E-state index contributed by atoms with van der Waals surface area (Å²) >= 11 is 0. The molecule has 0 bridgehead atoms. The predicted molar refractivity (Wildman–Crippen MR) is 76.8 cm³/mol. The van der Waals surface area contributed by atoms with Gasteiger partial charge in [0.2, 0.25) is 0 Å². The minimum atomic E-state index is -0.724. The second kappa shape index (κ2) is 8.27. The number of rotatable bonds is 7. The maximum atomic E-state index is 9.69. The van der Waals surface area contributed by atoms with Crippen LogP contribution in [0.25, 0.3) is 0 Å². The van der Waals surface area contributed by atoms with E-state index in [0.717, 1.165) is 25.0 Å². The second-order valence-electron chi connectivity index (χ2n) is 4.99. The maximum Gasteiger partial charge on any atom is 0.0926 e. The van der Waals surface area contributed by atoms with E-state index in [2.05, 4.69) is 13.2 Å². The molecular formula is C15H25NO3. The fraction of sp³-hybridized carbons (Fsp3) is 0.600. The summed E-state index contributed by atoms with van der Waals surface area (Å²) in [5.74, 6) is 0. The van der Waals surface area contributed by atoms with Crippen LogP contribution in [-0.2, 0) is 0 Å². The largest absolute Gasteiger partial charge is 0.395 e. The third-order valence-electron chi connectivity index (χ3n) is 3.61. The first-order valence-electron chi connectivity index (χ1n) is 6.77. The van der Waals surface area contributed by atoms with E-state index in [1.54, 1.807) is 6.08 Å². The summed E-state index contributed by atoms with van der Waals surface area (Å²) in [5, 5.41) is 28.6. The molecule has 1 unspecified atom stereocenters. The predicted octanol–water partition coefficient (Wildman–Crippen LogP) is 0.853. The van der Waals surface area contributed by atoms with Crippen LogP contribution < -0.4 is 0 Å². The molecule has 1 aliphatic heterocycles. The molecule has 1 rings (SSSR count). The Bertz CT molecular complexity index is 327. The van der Waals surface area contributed by atoms with Gasteiger partial charge in [-0.15, -0.1) is 0 Å². The molecule has 0 aromatic rings. The zero-order valence-electron chi connectivity index (χ0n) is 11.4. The lowest BCUT2D eigenvalue weighted by Gasteiger charge is -2.39. The van der Waals surface area contributed by atoms with Gasteiger partial charge < -0.3 is 15.3 Å². The van der Waals surface area contributed by atoms with Crippen LogP contribution in [0.4, 0.5) is 0 Å². The number of nitrogens with zero attached hydrogens (tertiary/aromatic N) is 1. The van der Waals surface area contributed by atoms with Crippen molar-refractivity contribution >= 4 is 0 Å². The van der Waals surface area contributed by atoms with Gasteiger partial charge >= 0.3 is 0 Å². The molecule has 0 saturated carbocycles. The minimum Gasteiger partial charge on any atom is -0.395 e. The number of β-amino-alcohol motifs (C(OH)–C–C–N with tert-alkyl or cyclic N) is 1. The van der Waals surface area contributed by atoms with Crippen molar-refractivity contribution in [1.29, 1.82) is 0 Å². The van der Waals surface area contributed by atoms with E-state index in [9.17, 15) is 15.3 Å². The molecular weight excluding hydrogens is 242 g/mol. The molecule has 0 aromatic carbocycles. The van der Waals surface area contributed by atoms with Crippen molar-refractivity contribution < 1.29 is 15.3 Å². The van der Waals surface area contributed by atoms with Crippen molar-refractivity contribution in [2.75, 3.05) is 19.7 Å². The fourth-order valence-electron chi connectivity index (χ4n) is 2.45. The summed E-state index contributed by atoms with van der Waals surface area (Å²) in [4.78, 5) is 2.05. The Kier molecular flexibility index (Phi) is 7.02. The van der Waals surface area contributed by atoms with E-state index >= 15 is 0 Å². The Morgan fingerprint density at radius 1 is 1.26 bits per heavy atom. The fourth-order valence-corrected chi connectivity index (χ4v) is 2.45. The lowest BCUT2D eigenvalue weighted by molar-refractivity contribution is -0.0708. The number of hydrogen-bond acceptors (Lipinski definition) is 4. The van der Waals surface area contributed by atoms with Gasteiger partial charge in [0.25, 0.3) is 0 Å². The number of hydrogen-bond donors (Lipinski definition) is 3. The average Bonchev–Trinajstić information content (AvgIpc) is 2.41. The SMILES string of the molecule is C=C/C=C(\C=C)CCCN1C[C@H](O)C(O)C[C@@H]1CO. The standard InChI is InChI=1S/C15H25NO3/c1-3-6-12(4-2)7-5-8-16-10-15(19)14(18)9-13(16)11-17/h3-4,6,13-15,17-19H,1-2,5,7-11H2/b12-6+/t13-,14?,15+/m1/s1. The van der Waals surface area contributed by atoms with E-state index in [4.69, 9.17) is 0 Å². The Morgan fingerprint density at radius 3 is 2.58 bits per heavy atom. The van der Waals surface area contributed by atoms with Crippen molar-refractivity contribution in [3.63, 3.8) is 0 Å². The lowest BCUT2D eigenvalue weighted by Crippen LogP contribution is -2.53. The van der Waals surface area contributed by atoms with Crippen LogP contribution >= 0.6 is 0 Å². The van der Waals surface area contributed by atoms with Crippen molar-refractivity contribution in [3.05, 3.63) is 37.0 Å². The van der Waals surface area contributed by atoms with Crippen LogP contribution in [0, 0.1) is 0 Å². The molecule has 0 aliphatic carbocycles. The van der Waals surface area contributed by atoms with Gasteiger partial charge in [-0.05, 0) is 31.4 Å². The smallest absolute Gasteiger partial charge is 0.0926 e. The summed E-state index contributed by atoms with van der Waals surface area (Å²) in [5.41, 5.74) is 1.13. The van der Waals surface area contributed by atoms with Crippen LogP contribution in [-0.4, -0.2) is 58.2 Å². The molecule has 0 radical (unpaired) electrons. The van der Waals surface area contributed by atoms with Crippen LogP contribution in [0.15, 0.2) is 37.0 Å². The van der Waals surface area contributed by atoms with E-state index < -0.39 is 12.2 Å². The summed E-state index contributed by atoms with van der Waals surface area (Å²) in [6.07, 6.45) is 6.30. The third-order valence-corrected chi connectivity index (χ3v) is 3.61. The van der Waals surface area contributed by atoms with Crippen LogP contribution in [0.5, 0.6) is 0 Å². The molecule has 3 N–H and O–H groups in total. The molecule has 4 nitrogen and oxygen atoms in total. The third kappa shape index (κ3) is 4.91. The average molecular weight is 267 g/mol. The normalized spacial score (nSPS) is 29.2. The molecule has 1 fully saturated rings. The maximum absolute atomic E-state index is 9.69. The van der Waals surface area contributed by atoms with Crippen molar-refractivity contribution in [3.8, 4) is 0 Å². The highest BCUT2D eigenvalue weighted by Crippen LogP contribution is 2.19. The number of piperidine rings is 1. The van der Waals surface area contributed by atoms with Gasteiger partial charge in [-0.1, -0.05) is 31.4 Å². The molecule has 0 amide bonds. The molecule has 3 atom stereocenters. The first kappa shape index (κ1) is 16.1. The Hall–Kier alpha value is -0.940. The molecule has 4 heteroatoms. The molecule has 0 aromatic heterocycles. The molecule has 19 heavy (non-hydrogen) atoms. The monoisotopic (exact) mass is 267 g/mol. The molecule has 1 aliphatic rings. The van der Waals surface area contributed by atoms with E-state index in [1.165, 1.54) is 0 Å². The van der Waals surface area contributed by atoms with Crippen LogP contribution in [0.3, 0.4) is 0 Å². The van der Waals surface area contributed by atoms with E-state index in [0.29, 0.717) is 13.0 Å². The number of aliphatic hydroxyl groups excluding tert-OH is 3. The van der Waals surface area contributed by atoms with Crippen molar-refractivity contribution in [2.45, 2.75) is 37.5 Å². The van der Waals surface area contributed by atoms with Gasteiger partial charge in [-0.2, -0.15) is 0 Å². The molecule has 1 heterocycles. The zero-order chi connectivity index (χ0) is 14.3. The zero-order valence-corrected chi connectivity index (χ0v) is 11.4. The highest BCUT2D eigenvalue weighted by molar-refractivity contribution is 5.20. The number of aliphatic hydroxyl groups is 3. The highest BCUT2D eigenvalue weighted by Gasteiger charge is 2.32. The molecule has 0 spiro atoms. The van der Waals surface area contributed by atoms with Gasteiger partial charge in [0.1, 0.15) is 0 Å². The van der Waals surface area contributed by atoms with Gasteiger partial charge in [0.05, 0.1) is 18.8 Å². The summed E-state index contributed by atoms with van der Waals surface area (Å²) in [7, 11) is 0. The number of likely N-dealkylation sites (tertiary alicyclic amines) is 1. The van der Waals surface area contributed by atoms with Crippen LogP contribution in [0.2, 0.25) is 0 Å². The van der Waals surface area contributed by atoms with Gasteiger partial charge in [-0.3, -0.25) is 4.90 Å². The van der Waals surface area contributed by atoms with E-state index in [1.807, 2.05) is 17.1 Å². The molecule has 108 valence electrons. The van der Waals surface area contributed by atoms with Gasteiger partial charge in [0.15, 0.2) is 0 Å². The van der Waals surface area contributed by atoms with Gasteiger partial charge in [-0.25, -0.2) is 0 Å². The lowest BCUT2D eigenvalue weighted by atomic mass is 9.97. The van der Waals surface area contributed by atoms with E-state index in [-0.39, 0.29) is 12.6 Å². The summed E-state index contributed by atoms with van der Waals surface area (Å²) in [6, 6.07) is -0.0611. The first-order chi connectivity index (χ1) is 9.12. The minimum absolute atomic E-state index is 0.0145. The second-order valence-corrected chi connectivity index (χ2v) is 4.99.